The molecule has 2 aromatic carbocycles. The van der Waals surface area contributed by atoms with Crippen LogP contribution in [0.5, 0.6) is 5.75 Å². The van der Waals surface area contributed by atoms with Gasteiger partial charge in [-0.1, -0.05) is 39.7 Å². The minimum Gasteiger partial charge on any atom is -0.406 e. The van der Waals surface area contributed by atoms with Crippen LogP contribution >= 0.6 is 27.5 Å². The molecule has 0 bridgehead atoms. The molecule has 0 aliphatic carbocycles. The number of aromatic nitrogens is 2. The van der Waals surface area contributed by atoms with Crippen LogP contribution in [0.4, 0.5) is 37.8 Å². The van der Waals surface area contributed by atoms with Crippen molar-refractivity contribution < 1.29 is 35.9 Å². The molecule has 6 nitrogen and oxygen atoms in total. The lowest BCUT2D eigenvalue weighted by atomic mass is 9.97. The summed E-state index contributed by atoms with van der Waals surface area (Å²) in [5.74, 6) is -1.63. The number of amides is 1. The van der Waals surface area contributed by atoms with Crippen molar-refractivity contribution in [2.75, 3.05) is 10.6 Å². The maximum Gasteiger partial charge on any atom is 0.573 e. The Morgan fingerprint density at radius 1 is 1.09 bits per heavy atom. The van der Waals surface area contributed by atoms with Crippen molar-refractivity contribution in [2.24, 2.45) is 0 Å². The Bertz CT molecular complexity index is 1230. The average molecular weight is 584 g/mol. The molecule has 0 radical (unpaired) electrons. The zero-order chi connectivity index (χ0) is 25.5. The van der Waals surface area contributed by atoms with E-state index in [2.05, 4.69) is 36.4 Å². The molecule has 2 heterocycles. The minimum atomic E-state index is -4.88. The van der Waals surface area contributed by atoms with Crippen molar-refractivity contribution in [3.63, 3.8) is 0 Å². The first kappa shape index (κ1) is 25.2. The highest BCUT2D eigenvalue weighted by Crippen LogP contribution is 2.46. The van der Waals surface area contributed by atoms with E-state index in [0.717, 1.165) is 28.7 Å². The number of hydrogen-bond donors (Lipinski definition) is 2. The number of hydrogen-bond acceptors (Lipinski definition) is 4. The molecule has 2 atom stereocenters. The maximum absolute atomic E-state index is 13.9. The predicted octanol–water partition coefficient (Wildman–Crippen LogP) is 7.11. The van der Waals surface area contributed by atoms with Gasteiger partial charge in [0.2, 0.25) is 0 Å². The van der Waals surface area contributed by atoms with E-state index in [0.29, 0.717) is 10.2 Å². The second-order valence-electron chi connectivity index (χ2n) is 7.52. The Kier molecular flexibility index (Phi) is 6.66. The van der Waals surface area contributed by atoms with Crippen LogP contribution in [0, 0.1) is 0 Å². The van der Waals surface area contributed by atoms with Gasteiger partial charge in [0, 0.05) is 16.6 Å². The first-order valence-electron chi connectivity index (χ1n) is 9.85. The van der Waals surface area contributed by atoms with E-state index < -0.39 is 48.4 Å². The predicted molar refractivity (Wildman–Crippen MR) is 119 cm³/mol. The molecule has 0 saturated heterocycles. The van der Waals surface area contributed by atoms with E-state index in [4.69, 9.17) is 11.6 Å². The van der Waals surface area contributed by atoms with Gasteiger partial charge in [-0.2, -0.15) is 18.3 Å². The van der Waals surface area contributed by atoms with Gasteiger partial charge >= 0.3 is 12.5 Å². The molecule has 0 spiro atoms. The molecule has 3 aromatic rings. The molecule has 4 rings (SSSR count). The van der Waals surface area contributed by atoms with Crippen LogP contribution in [0.2, 0.25) is 5.02 Å². The summed E-state index contributed by atoms with van der Waals surface area (Å²) in [5, 5.41) is 8.76. The Balaban J connectivity index is 1.60. The number of alkyl halides is 6. The monoisotopic (exact) mass is 582 g/mol. The summed E-state index contributed by atoms with van der Waals surface area (Å²) < 4.78 is 83.7. The molecule has 0 fully saturated rings. The van der Waals surface area contributed by atoms with Gasteiger partial charge in [0.15, 0.2) is 11.7 Å². The number of ether oxygens (including phenoxy) is 1. The number of halogens is 8. The number of carbonyl (C=O) groups excluding carboxylic acids is 1. The molecule has 186 valence electrons. The van der Waals surface area contributed by atoms with Gasteiger partial charge in [0.1, 0.15) is 16.6 Å². The smallest absolute Gasteiger partial charge is 0.406 e. The maximum atomic E-state index is 13.9. The van der Waals surface area contributed by atoms with Crippen molar-refractivity contribution in [1.82, 2.24) is 9.78 Å². The van der Waals surface area contributed by atoms with Crippen LogP contribution in [0.3, 0.4) is 0 Å². The number of rotatable bonds is 4. The highest BCUT2D eigenvalue weighted by atomic mass is 79.9. The van der Waals surface area contributed by atoms with Crippen LogP contribution in [-0.4, -0.2) is 28.2 Å². The Morgan fingerprint density at radius 2 is 1.71 bits per heavy atom. The van der Waals surface area contributed by atoms with Crippen molar-refractivity contribution in [2.45, 2.75) is 31.0 Å². The fourth-order valence-corrected chi connectivity index (χ4v) is 4.11. The number of carbonyl (C=O) groups is 1. The van der Waals surface area contributed by atoms with Gasteiger partial charge in [0.25, 0.3) is 5.91 Å². The van der Waals surface area contributed by atoms with Crippen LogP contribution in [0.1, 0.15) is 34.6 Å². The number of benzene rings is 2. The normalized spacial score (nSPS) is 17.9. The zero-order valence-electron chi connectivity index (χ0n) is 17.2. The van der Waals surface area contributed by atoms with Gasteiger partial charge in [-0.15, -0.1) is 13.2 Å². The number of nitrogens with zero attached hydrogens (tertiary/aromatic N) is 2. The van der Waals surface area contributed by atoms with Crippen LogP contribution < -0.4 is 15.4 Å². The summed E-state index contributed by atoms with van der Waals surface area (Å²) >= 11 is 9.54. The summed E-state index contributed by atoms with van der Waals surface area (Å²) in [6.07, 6.45) is -9.95. The SMILES string of the molecule is O=C(Nc1ccc(OC(F)(F)F)cc1)c1nn2c(c1Cl)NC(c1ccc(Br)cc1)CC2C(F)(F)F. The van der Waals surface area contributed by atoms with Gasteiger partial charge in [-0.3, -0.25) is 4.79 Å². The van der Waals surface area contributed by atoms with E-state index in [1.807, 2.05) is 0 Å². The third-order valence-electron chi connectivity index (χ3n) is 5.13. The molecule has 2 N–H and O–H groups in total. The molecule has 0 saturated carbocycles. The summed E-state index contributed by atoms with van der Waals surface area (Å²) in [6, 6.07) is 8.09. The molecule has 1 aromatic heterocycles. The molecule has 14 heteroatoms. The molecule has 1 aliphatic rings. The summed E-state index contributed by atoms with van der Waals surface area (Å²) in [7, 11) is 0. The highest BCUT2D eigenvalue weighted by molar-refractivity contribution is 9.10. The lowest BCUT2D eigenvalue weighted by Crippen LogP contribution is -2.35. The minimum absolute atomic E-state index is 0.0552. The third-order valence-corrected chi connectivity index (χ3v) is 6.02. The summed E-state index contributed by atoms with van der Waals surface area (Å²) in [6.45, 7) is 0. The Labute approximate surface area is 207 Å². The molecular formula is C21H14BrClF6N4O2. The molecule has 1 aliphatic heterocycles. The van der Waals surface area contributed by atoms with Crippen LogP contribution in [0.15, 0.2) is 53.0 Å². The summed E-state index contributed by atoms with van der Waals surface area (Å²) in [5.41, 5.74) is 0.160. The van der Waals surface area contributed by atoms with Gasteiger partial charge in [-0.05, 0) is 42.0 Å². The van der Waals surface area contributed by atoms with E-state index in [-0.39, 0.29) is 16.5 Å². The van der Waals surface area contributed by atoms with Crippen LogP contribution in [-0.2, 0) is 0 Å². The average Bonchev–Trinajstić information content (AvgIpc) is 3.10. The van der Waals surface area contributed by atoms with Gasteiger partial charge in [-0.25, -0.2) is 4.68 Å². The first-order valence-corrected chi connectivity index (χ1v) is 11.0. The van der Waals surface area contributed by atoms with Crippen molar-refractivity contribution >= 4 is 44.9 Å². The van der Waals surface area contributed by atoms with Gasteiger partial charge < -0.3 is 15.4 Å². The topological polar surface area (TPSA) is 68.2 Å². The Morgan fingerprint density at radius 3 is 2.29 bits per heavy atom. The fourth-order valence-electron chi connectivity index (χ4n) is 3.58. The van der Waals surface area contributed by atoms with Crippen molar-refractivity contribution in [1.29, 1.82) is 0 Å². The third kappa shape index (κ3) is 5.67. The largest absolute Gasteiger partial charge is 0.573 e. The van der Waals surface area contributed by atoms with Gasteiger partial charge in [0.05, 0.1) is 6.04 Å². The lowest BCUT2D eigenvalue weighted by molar-refractivity contribution is -0.274. The highest BCUT2D eigenvalue weighted by Gasteiger charge is 2.47. The standard InChI is InChI=1S/C21H14BrClF6N4O2/c22-11-3-1-10(2-4-11)14-9-15(20(24,25)26)33-18(31-14)16(23)17(32-33)19(34)30-12-5-7-13(8-6-12)35-21(27,28)29/h1-8,14-15,31H,9H2,(H,30,34). The number of fused-ring (bicyclic) bond motifs is 1. The molecular weight excluding hydrogens is 570 g/mol. The molecule has 35 heavy (non-hydrogen) atoms. The Hall–Kier alpha value is -2.93. The lowest BCUT2D eigenvalue weighted by Gasteiger charge is -2.33. The van der Waals surface area contributed by atoms with E-state index in [1.165, 1.54) is 0 Å². The second-order valence-corrected chi connectivity index (χ2v) is 8.82. The molecule has 1 amide bonds. The fraction of sp³-hybridized carbons (Fsp3) is 0.238. The molecule has 2 unspecified atom stereocenters. The number of anilines is 2. The van der Waals surface area contributed by atoms with Crippen LogP contribution in [0.25, 0.3) is 0 Å². The first-order chi connectivity index (χ1) is 16.3. The van der Waals surface area contributed by atoms with E-state index in [1.54, 1.807) is 24.3 Å². The van der Waals surface area contributed by atoms with Crippen molar-refractivity contribution in [3.8, 4) is 5.75 Å². The summed E-state index contributed by atoms with van der Waals surface area (Å²) in [4.78, 5) is 12.7. The quantitative estimate of drug-likeness (QED) is 0.321. The van der Waals surface area contributed by atoms with E-state index >= 15 is 0 Å². The zero-order valence-corrected chi connectivity index (χ0v) is 19.6. The second kappa shape index (κ2) is 9.26. The van der Waals surface area contributed by atoms with E-state index in [9.17, 15) is 31.1 Å². The number of nitrogens with one attached hydrogen (secondary N) is 2. The van der Waals surface area contributed by atoms with Crippen molar-refractivity contribution in [3.05, 3.63) is 69.3 Å².